The van der Waals surface area contributed by atoms with Gasteiger partial charge in [-0.2, -0.15) is 0 Å². The quantitative estimate of drug-likeness (QED) is 0.689. The summed E-state index contributed by atoms with van der Waals surface area (Å²) in [5.74, 6) is 0. The molecular weight excluding hydrogens is 246 g/mol. The van der Waals surface area contributed by atoms with Crippen LogP contribution >= 0.6 is 0 Å². The van der Waals surface area contributed by atoms with E-state index < -0.39 is 29.3 Å². The van der Waals surface area contributed by atoms with Gasteiger partial charge < -0.3 is 20.3 Å². The molecule has 0 aromatic rings. The summed E-state index contributed by atoms with van der Waals surface area (Å²) in [6.07, 6.45) is 1.08. The first kappa shape index (κ1) is 16.2. The van der Waals surface area contributed by atoms with Gasteiger partial charge in [-0.25, -0.2) is 4.79 Å². The van der Waals surface area contributed by atoms with Crippen LogP contribution in [0.1, 0.15) is 53.4 Å². The van der Waals surface area contributed by atoms with Crippen molar-refractivity contribution in [1.29, 1.82) is 0 Å². The number of hydrogen-bond acceptors (Lipinski definition) is 4. The second kappa shape index (κ2) is 6.09. The van der Waals surface area contributed by atoms with E-state index in [1.165, 1.54) is 0 Å². The van der Waals surface area contributed by atoms with E-state index in [-0.39, 0.29) is 6.61 Å². The van der Waals surface area contributed by atoms with E-state index in [1.807, 2.05) is 27.7 Å². The fourth-order valence-corrected chi connectivity index (χ4v) is 2.81. The van der Waals surface area contributed by atoms with Crippen LogP contribution in [0.25, 0.3) is 0 Å². The highest BCUT2D eigenvalue weighted by Gasteiger charge is 2.48. The van der Waals surface area contributed by atoms with Gasteiger partial charge in [-0.1, -0.05) is 40.5 Å². The molecule has 0 radical (unpaired) electrons. The van der Waals surface area contributed by atoms with Crippen molar-refractivity contribution in [2.45, 2.75) is 71.1 Å². The number of amides is 1. The molecule has 112 valence electrons. The number of carbonyl (C=O) groups is 1. The molecule has 0 aromatic heterocycles. The maximum atomic E-state index is 11.4. The van der Waals surface area contributed by atoms with Crippen molar-refractivity contribution < 1.29 is 19.7 Å². The zero-order valence-electron chi connectivity index (χ0n) is 12.4. The Morgan fingerprint density at radius 3 is 2.42 bits per heavy atom. The zero-order valence-corrected chi connectivity index (χ0v) is 12.4. The Morgan fingerprint density at radius 2 is 1.95 bits per heavy atom. The molecule has 0 spiro atoms. The van der Waals surface area contributed by atoms with Crippen LogP contribution in [0.2, 0.25) is 0 Å². The van der Waals surface area contributed by atoms with Gasteiger partial charge in [-0.15, -0.1) is 0 Å². The van der Waals surface area contributed by atoms with Crippen LogP contribution in [0.3, 0.4) is 0 Å². The van der Waals surface area contributed by atoms with E-state index in [2.05, 4.69) is 5.32 Å². The van der Waals surface area contributed by atoms with Gasteiger partial charge in [-0.05, 0) is 12.8 Å². The van der Waals surface area contributed by atoms with Gasteiger partial charge in [0.25, 0.3) is 0 Å². The highest BCUT2D eigenvalue weighted by Crippen LogP contribution is 2.34. The second-order valence-electron chi connectivity index (χ2n) is 6.24. The van der Waals surface area contributed by atoms with Crippen LogP contribution < -0.4 is 5.32 Å². The first-order chi connectivity index (χ1) is 8.77. The molecule has 0 unspecified atom stereocenters. The van der Waals surface area contributed by atoms with Gasteiger partial charge in [0, 0.05) is 5.41 Å². The monoisotopic (exact) mass is 273 g/mol. The Balaban J connectivity index is 2.93. The van der Waals surface area contributed by atoms with Gasteiger partial charge in [0.2, 0.25) is 0 Å². The van der Waals surface area contributed by atoms with Crippen molar-refractivity contribution in [3.8, 4) is 0 Å². The molecule has 1 aliphatic rings. The van der Waals surface area contributed by atoms with Crippen molar-refractivity contribution in [3.63, 3.8) is 0 Å². The molecular formula is C14H27NO4. The number of hydrogen-bond donors (Lipinski definition) is 3. The standard InChI is InChI=1S/C14H27NO4/c1-5-7-14(18,8-6-2)11(16)10-13(3,4)9-19-12(17)15-10/h10-11,16,18H,5-9H2,1-4H3,(H,15,17)/t10-,11+/m1/s1. The SMILES string of the molecule is CCCC(O)(CCC)[C@@H](O)[C@H]1NC(=O)OCC1(C)C. The molecule has 19 heavy (non-hydrogen) atoms. The van der Waals surface area contributed by atoms with E-state index >= 15 is 0 Å². The molecule has 0 saturated carbocycles. The van der Waals surface area contributed by atoms with Crippen LogP contribution in [0, 0.1) is 5.41 Å². The smallest absolute Gasteiger partial charge is 0.407 e. The van der Waals surface area contributed by atoms with Gasteiger partial charge >= 0.3 is 6.09 Å². The van der Waals surface area contributed by atoms with E-state index in [4.69, 9.17) is 4.74 Å². The number of cyclic esters (lactones) is 1. The summed E-state index contributed by atoms with van der Waals surface area (Å²) in [6, 6.07) is -0.503. The van der Waals surface area contributed by atoms with Crippen molar-refractivity contribution in [2.24, 2.45) is 5.41 Å². The second-order valence-corrected chi connectivity index (χ2v) is 6.24. The molecule has 0 aliphatic carbocycles. The predicted octanol–water partition coefficient (Wildman–Crippen LogP) is 1.81. The Labute approximate surface area is 115 Å². The summed E-state index contributed by atoms with van der Waals surface area (Å²) in [5.41, 5.74) is -1.57. The normalized spacial score (nSPS) is 24.5. The van der Waals surface area contributed by atoms with E-state index in [9.17, 15) is 15.0 Å². The van der Waals surface area contributed by atoms with Crippen LogP contribution in [0.15, 0.2) is 0 Å². The van der Waals surface area contributed by atoms with Crippen molar-refractivity contribution in [2.75, 3.05) is 6.61 Å². The number of aliphatic hydroxyl groups excluding tert-OH is 1. The summed E-state index contributed by atoms with van der Waals surface area (Å²) < 4.78 is 4.96. The minimum atomic E-state index is -1.16. The molecule has 5 nitrogen and oxygen atoms in total. The van der Waals surface area contributed by atoms with Crippen LogP contribution in [-0.2, 0) is 4.74 Å². The molecule has 1 amide bonds. The van der Waals surface area contributed by atoms with Crippen LogP contribution in [0.5, 0.6) is 0 Å². The number of alkyl carbamates (subject to hydrolysis) is 1. The lowest BCUT2D eigenvalue weighted by Crippen LogP contribution is -2.64. The first-order valence-electron chi connectivity index (χ1n) is 7.10. The average molecular weight is 273 g/mol. The molecule has 1 aliphatic heterocycles. The summed E-state index contributed by atoms with van der Waals surface area (Å²) >= 11 is 0. The van der Waals surface area contributed by atoms with Gasteiger partial charge in [0.15, 0.2) is 0 Å². The Bertz CT molecular complexity index is 311. The number of carbonyl (C=O) groups excluding carboxylic acids is 1. The number of aliphatic hydroxyl groups is 2. The summed E-state index contributed by atoms with van der Waals surface area (Å²) in [5, 5.41) is 24.0. The third-order valence-corrected chi connectivity index (χ3v) is 3.92. The predicted molar refractivity (Wildman–Crippen MR) is 72.8 cm³/mol. The maximum Gasteiger partial charge on any atom is 0.407 e. The molecule has 3 N–H and O–H groups in total. The van der Waals surface area contributed by atoms with E-state index in [0.717, 1.165) is 12.8 Å². The number of nitrogens with one attached hydrogen (secondary N) is 1. The lowest BCUT2D eigenvalue weighted by Gasteiger charge is -2.46. The maximum absolute atomic E-state index is 11.4. The fraction of sp³-hybridized carbons (Fsp3) is 0.929. The Hall–Kier alpha value is -0.810. The number of rotatable bonds is 6. The molecule has 0 bridgehead atoms. The topological polar surface area (TPSA) is 78.8 Å². The van der Waals surface area contributed by atoms with Crippen LogP contribution in [0.4, 0.5) is 4.79 Å². The zero-order chi connectivity index (χ0) is 14.7. The summed E-state index contributed by atoms with van der Waals surface area (Å²) in [6.45, 7) is 8.02. The molecule has 5 heteroatoms. The molecule has 1 rings (SSSR count). The lowest BCUT2D eigenvalue weighted by atomic mass is 9.73. The van der Waals surface area contributed by atoms with Crippen molar-refractivity contribution in [1.82, 2.24) is 5.32 Å². The van der Waals surface area contributed by atoms with Crippen molar-refractivity contribution in [3.05, 3.63) is 0 Å². The molecule has 2 atom stereocenters. The minimum absolute atomic E-state index is 0.245. The lowest BCUT2D eigenvalue weighted by molar-refractivity contribution is -0.127. The molecule has 1 heterocycles. The van der Waals surface area contributed by atoms with E-state index in [1.54, 1.807) is 0 Å². The average Bonchev–Trinajstić information content (AvgIpc) is 2.32. The molecule has 0 aromatic carbocycles. The van der Waals surface area contributed by atoms with E-state index in [0.29, 0.717) is 12.8 Å². The third-order valence-electron chi connectivity index (χ3n) is 3.92. The Morgan fingerprint density at radius 1 is 1.42 bits per heavy atom. The highest BCUT2D eigenvalue weighted by molar-refractivity contribution is 5.68. The largest absolute Gasteiger partial charge is 0.449 e. The summed E-state index contributed by atoms with van der Waals surface area (Å²) in [7, 11) is 0. The van der Waals surface area contributed by atoms with Gasteiger partial charge in [0.1, 0.15) is 12.7 Å². The van der Waals surface area contributed by atoms with Gasteiger partial charge in [-0.3, -0.25) is 0 Å². The fourth-order valence-electron chi connectivity index (χ4n) is 2.81. The van der Waals surface area contributed by atoms with Crippen LogP contribution in [-0.4, -0.2) is 40.7 Å². The van der Waals surface area contributed by atoms with Gasteiger partial charge in [0.05, 0.1) is 11.6 Å². The molecule has 1 saturated heterocycles. The summed E-state index contributed by atoms with van der Waals surface area (Å²) in [4.78, 5) is 11.4. The third kappa shape index (κ3) is 3.60. The minimum Gasteiger partial charge on any atom is -0.449 e. The first-order valence-corrected chi connectivity index (χ1v) is 7.10. The molecule has 1 fully saturated rings. The Kier molecular flexibility index (Phi) is 5.21. The van der Waals surface area contributed by atoms with Crippen molar-refractivity contribution >= 4 is 6.09 Å². The highest BCUT2D eigenvalue weighted by atomic mass is 16.6. The number of ether oxygens (including phenoxy) is 1.